The third-order valence-electron chi connectivity index (χ3n) is 3.15. The highest BCUT2D eigenvalue weighted by atomic mass is 79.9. The van der Waals surface area contributed by atoms with E-state index in [1.54, 1.807) is 0 Å². The van der Waals surface area contributed by atoms with Crippen molar-refractivity contribution >= 4 is 21.8 Å². The fourth-order valence-corrected chi connectivity index (χ4v) is 2.49. The SMILES string of the molecule is CC(C)C1CCC(=O)N(CCBr)CC1. The van der Waals surface area contributed by atoms with E-state index >= 15 is 0 Å². The molecule has 0 aromatic heterocycles. The Balaban J connectivity index is 2.49. The minimum atomic E-state index is 0.340. The fraction of sp³-hybridized carbons (Fsp3) is 0.909. The van der Waals surface area contributed by atoms with E-state index in [1.165, 1.54) is 6.42 Å². The highest BCUT2D eigenvalue weighted by Crippen LogP contribution is 2.24. The van der Waals surface area contributed by atoms with Gasteiger partial charge in [0.2, 0.25) is 5.91 Å². The zero-order chi connectivity index (χ0) is 10.6. The van der Waals surface area contributed by atoms with Gasteiger partial charge in [-0.15, -0.1) is 0 Å². The first-order valence-corrected chi connectivity index (χ1v) is 6.61. The summed E-state index contributed by atoms with van der Waals surface area (Å²) in [4.78, 5) is 13.7. The number of hydrogen-bond acceptors (Lipinski definition) is 1. The molecular formula is C11H20BrNO. The summed E-state index contributed by atoms with van der Waals surface area (Å²) in [5.41, 5.74) is 0. The topological polar surface area (TPSA) is 20.3 Å². The summed E-state index contributed by atoms with van der Waals surface area (Å²) in [6.45, 7) is 6.33. The number of alkyl halides is 1. The lowest BCUT2D eigenvalue weighted by Crippen LogP contribution is -2.32. The zero-order valence-corrected chi connectivity index (χ0v) is 10.7. The minimum absolute atomic E-state index is 0.340. The van der Waals surface area contributed by atoms with E-state index in [-0.39, 0.29) is 0 Å². The largest absolute Gasteiger partial charge is 0.342 e. The van der Waals surface area contributed by atoms with Crippen molar-refractivity contribution in [2.24, 2.45) is 11.8 Å². The molecule has 0 radical (unpaired) electrons. The number of likely N-dealkylation sites (tertiary alicyclic amines) is 1. The zero-order valence-electron chi connectivity index (χ0n) is 9.13. The van der Waals surface area contributed by atoms with Gasteiger partial charge in [-0.25, -0.2) is 0 Å². The molecular weight excluding hydrogens is 242 g/mol. The molecule has 1 rings (SSSR count). The van der Waals surface area contributed by atoms with Gasteiger partial charge in [0, 0.05) is 24.8 Å². The minimum Gasteiger partial charge on any atom is -0.342 e. The van der Waals surface area contributed by atoms with Crippen LogP contribution < -0.4 is 0 Å². The molecule has 1 aliphatic heterocycles. The molecule has 1 unspecified atom stereocenters. The molecule has 0 aromatic rings. The Bertz CT molecular complexity index is 194. The Morgan fingerprint density at radius 2 is 2.21 bits per heavy atom. The smallest absolute Gasteiger partial charge is 0.222 e. The van der Waals surface area contributed by atoms with Crippen molar-refractivity contribution in [1.82, 2.24) is 4.90 Å². The average molecular weight is 262 g/mol. The highest BCUT2D eigenvalue weighted by molar-refractivity contribution is 9.09. The Kier molecular flexibility index (Phi) is 4.93. The molecule has 14 heavy (non-hydrogen) atoms. The van der Waals surface area contributed by atoms with Crippen molar-refractivity contribution in [2.75, 3.05) is 18.4 Å². The van der Waals surface area contributed by atoms with Gasteiger partial charge in [-0.1, -0.05) is 29.8 Å². The number of amides is 1. The monoisotopic (exact) mass is 261 g/mol. The van der Waals surface area contributed by atoms with Gasteiger partial charge in [0.1, 0.15) is 0 Å². The van der Waals surface area contributed by atoms with E-state index in [1.807, 2.05) is 4.90 Å². The van der Waals surface area contributed by atoms with E-state index in [9.17, 15) is 4.79 Å². The van der Waals surface area contributed by atoms with Crippen LogP contribution in [-0.4, -0.2) is 29.2 Å². The first-order valence-electron chi connectivity index (χ1n) is 5.49. The molecule has 1 saturated heterocycles. The quantitative estimate of drug-likeness (QED) is 0.716. The molecule has 0 aliphatic carbocycles. The van der Waals surface area contributed by atoms with Crippen molar-refractivity contribution < 1.29 is 4.79 Å². The van der Waals surface area contributed by atoms with Gasteiger partial charge in [0.25, 0.3) is 0 Å². The Labute approximate surface area is 95.2 Å². The molecule has 0 aromatic carbocycles. The van der Waals surface area contributed by atoms with Crippen molar-refractivity contribution in [1.29, 1.82) is 0 Å². The third kappa shape index (κ3) is 3.26. The van der Waals surface area contributed by atoms with Crippen molar-refractivity contribution in [3.8, 4) is 0 Å². The maximum absolute atomic E-state index is 11.7. The third-order valence-corrected chi connectivity index (χ3v) is 3.50. The molecule has 0 bridgehead atoms. The number of hydrogen-bond donors (Lipinski definition) is 0. The van der Waals surface area contributed by atoms with E-state index in [4.69, 9.17) is 0 Å². The van der Waals surface area contributed by atoms with Crippen molar-refractivity contribution in [3.05, 3.63) is 0 Å². The van der Waals surface area contributed by atoms with Crippen LogP contribution in [0.1, 0.15) is 33.1 Å². The van der Waals surface area contributed by atoms with Crippen LogP contribution in [0.4, 0.5) is 0 Å². The molecule has 2 nitrogen and oxygen atoms in total. The summed E-state index contributed by atoms with van der Waals surface area (Å²) < 4.78 is 0. The number of carbonyl (C=O) groups is 1. The summed E-state index contributed by atoms with van der Waals surface area (Å²) in [6.07, 6.45) is 3.00. The van der Waals surface area contributed by atoms with Gasteiger partial charge in [-0.05, 0) is 24.7 Å². The van der Waals surface area contributed by atoms with Crippen LogP contribution in [0.2, 0.25) is 0 Å². The van der Waals surface area contributed by atoms with Gasteiger partial charge in [-0.2, -0.15) is 0 Å². The Morgan fingerprint density at radius 1 is 1.50 bits per heavy atom. The summed E-state index contributed by atoms with van der Waals surface area (Å²) >= 11 is 3.39. The molecule has 0 N–H and O–H groups in total. The van der Waals surface area contributed by atoms with Crippen molar-refractivity contribution in [2.45, 2.75) is 33.1 Å². The van der Waals surface area contributed by atoms with E-state index in [0.29, 0.717) is 11.8 Å². The van der Waals surface area contributed by atoms with Crippen LogP contribution in [0.15, 0.2) is 0 Å². The van der Waals surface area contributed by atoms with Gasteiger partial charge in [0.05, 0.1) is 0 Å². The van der Waals surface area contributed by atoms with Gasteiger partial charge in [0.15, 0.2) is 0 Å². The molecule has 1 amide bonds. The summed E-state index contributed by atoms with van der Waals surface area (Å²) in [5.74, 6) is 1.79. The Morgan fingerprint density at radius 3 is 2.79 bits per heavy atom. The molecule has 82 valence electrons. The van der Waals surface area contributed by atoms with Gasteiger partial charge >= 0.3 is 0 Å². The van der Waals surface area contributed by atoms with Crippen LogP contribution in [-0.2, 0) is 4.79 Å². The number of halogens is 1. The van der Waals surface area contributed by atoms with Gasteiger partial charge in [-0.3, -0.25) is 4.79 Å². The maximum Gasteiger partial charge on any atom is 0.222 e. The molecule has 3 heteroatoms. The van der Waals surface area contributed by atoms with Gasteiger partial charge < -0.3 is 4.90 Å². The van der Waals surface area contributed by atoms with Crippen LogP contribution in [0.3, 0.4) is 0 Å². The first kappa shape index (κ1) is 12.0. The molecule has 1 fully saturated rings. The second-order valence-electron chi connectivity index (χ2n) is 4.40. The van der Waals surface area contributed by atoms with E-state index in [0.717, 1.165) is 37.2 Å². The van der Waals surface area contributed by atoms with Crippen LogP contribution in [0.5, 0.6) is 0 Å². The lowest BCUT2D eigenvalue weighted by molar-refractivity contribution is -0.130. The Hall–Kier alpha value is -0.0500. The summed E-state index contributed by atoms with van der Waals surface area (Å²) in [6, 6.07) is 0. The number of carbonyl (C=O) groups excluding carboxylic acids is 1. The van der Waals surface area contributed by atoms with Crippen LogP contribution in [0.25, 0.3) is 0 Å². The number of nitrogens with zero attached hydrogens (tertiary/aromatic N) is 1. The van der Waals surface area contributed by atoms with Crippen molar-refractivity contribution in [3.63, 3.8) is 0 Å². The predicted molar refractivity (Wildman–Crippen MR) is 62.6 cm³/mol. The normalized spacial score (nSPS) is 24.1. The molecule has 1 aliphatic rings. The van der Waals surface area contributed by atoms with Crippen LogP contribution in [0, 0.1) is 11.8 Å². The predicted octanol–water partition coefficient (Wildman–Crippen LogP) is 2.67. The summed E-state index contributed by atoms with van der Waals surface area (Å²) in [7, 11) is 0. The molecule has 1 heterocycles. The average Bonchev–Trinajstić information content (AvgIpc) is 2.30. The second-order valence-corrected chi connectivity index (χ2v) is 5.19. The van der Waals surface area contributed by atoms with Crippen LogP contribution >= 0.6 is 15.9 Å². The fourth-order valence-electron chi connectivity index (χ4n) is 2.06. The molecule has 0 saturated carbocycles. The summed E-state index contributed by atoms with van der Waals surface area (Å²) in [5, 5.41) is 0.894. The first-order chi connectivity index (χ1) is 6.65. The highest BCUT2D eigenvalue weighted by Gasteiger charge is 2.23. The number of rotatable bonds is 3. The molecule has 0 spiro atoms. The lowest BCUT2D eigenvalue weighted by Gasteiger charge is -2.20. The maximum atomic E-state index is 11.7. The van der Waals surface area contributed by atoms with E-state index < -0.39 is 0 Å². The molecule has 1 atom stereocenters. The standard InChI is InChI=1S/C11H20BrNO/c1-9(2)10-3-4-11(14)13(7-5-10)8-6-12/h9-10H,3-8H2,1-2H3. The lowest BCUT2D eigenvalue weighted by atomic mass is 9.89. The second kappa shape index (κ2) is 5.74. The van der Waals surface area contributed by atoms with E-state index in [2.05, 4.69) is 29.8 Å².